The smallest absolute Gasteiger partial charge is 0.275 e. The van der Waals surface area contributed by atoms with Gasteiger partial charge in [-0.1, -0.05) is 17.8 Å². The van der Waals surface area contributed by atoms with Crippen LogP contribution in [-0.2, 0) is 4.79 Å². The van der Waals surface area contributed by atoms with Gasteiger partial charge in [0.25, 0.3) is 5.91 Å². The lowest BCUT2D eigenvalue weighted by atomic mass is 9.98. The highest BCUT2D eigenvalue weighted by atomic mass is 32.2. The van der Waals surface area contributed by atoms with Crippen LogP contribution in [0.3, 0.4) is 0 Å². The summed E-state index contributed by atoms with van der Waals surface area (Å²) >= 11 is 1.50. The average Bonchev–Trinajstić information content (AvgIpc) is 2.93. The lowest BCUT2D eigenvalue weighted by Crippen LogP contribution is -2.45. The van der Waals surface area contributed by atoms with E-state index in [4.69, 9.17) is 5.73 Å². The predicted molar refractivity (Wildman–Crippen MR) is 89.5 cm³/mol. The molecule has 6 nitrogen and oxygen atoms in total. The van der Waals surface area contributed by atoms with Crippen molar-refractivity contribution in [3.8, 4) is 0 Å². The standard InChI is InChI=1S/C16H20N4O2S/c1-23-16-18-14(12-7-3-5-9-20(12)16)15(22)19-8-4-2-6-11(19)10-13(17)21/h3,5,7,9,11H,2,4,6,8,10H2,1H3,(H2,17,21)/t11-/m0/s1. The third-order valence-electron chi connectivity index (χ3n) is 4.23. The minimum atomic E-state index is -0.366. The zero-order valence-electron chi connectivity index (χ0n) is 13.1. The van der Waals surface area contributed by atoms with Crippen LogP contribution < -0.4 is 5.73 Å². The largest absolute Gasteiger partial charge is 0.370 e. The quantitative estimate of drug-likeness (QED) is 0.868. The average molecular weight is 332 g/mol. The summed E-state index contributed by atoms with van der Waals surface area (Å²) in [7, 11) is 0. The molecule has 0 unspecified atom stereocenters. The van der Waals surface area contributed by atoms with Crippen LogP contribution >= 0.6 is 11.8 Å². The number of hydrogen-bond acceptors (Lipinski definition) is 4. The van der Waals surface area contributed by atoms with Gasteiger partial charge >= 0.3 is 0 Å². The van der Waals surface area contributed by atoms with Crippen LogP contribution in [0, 0.1) is 0 Å². The van der Waals surface area contributed by atoms with Crippen LogP contribution in [0.2, 0.25) is 0 Å². The number of nitrogens with zero attached hydrogens (tertiary/aromatic N) is 3. The van der Waals surface area contributed by atoms with Crippen LogP contribution in [-0.4, -0.2) is 44.9 Å². The number of likely N-dealkylation sites (tertiary alicyclic amines) is 1. The summed E-state index contributed by atoms with van der Waals surface area (Å²) in [6.07, 6.45) is 6.83. The Morgan fingerprint density at radius 3 is 2.96 bits per heavy atom. The Balaban J connectivity index is 1.97. The number of thioether (sulfide) groups is 1. The van der Waals surface area contributed by atoms with E-state index in [9.17, 15) is 9.59 Å². The molecular formula is C16H20N4O2S. The molecule has 7 heteroatoms. The SMILES string of the molecule is CSc1nc(C(=O)N2CCCC[C@H]2CC(N)=O)c2ccccn12. The van der Waals surface area contributed by atoms with E-state index in [0.717, 1.165) is 29.9 Å². The van der Waals surface area contributed by atoms with Gasteiger partial charge in [-0.05, 0) is 37.7 Å². The Morgan fingerprint density at radius 1 is 1.39 bits per heavy atom. The summed E-state index contributed by atoms with van der Waals surface area (Å²) < 4.78 is 1.92. The molecule has 0 aliphatic carbocycles. The second kappa shape index (κ2) is 6.62. The number of fused-ring (bicyclic) bond motifs is 1. The van der Waals surface area contributed by atoms with Crippen molar-refractivity contribution >= 4 is 29.1 Å². The first-order valence-corrected chi connectivity index (χ1v) is 8.94. The lowest BCUT2D eigenvalue weighted by Gasteiger charge is -2.34. The van der Waals surface area contributed by atoms with E-state index < -0.39 is 0 Å². The fourth-order valence-electron chi connectivity index (χ4n) is 3.16. The molecule has 0 aromatic carbocycles. The first-order valence-electron chi connectivity index (χ1n) is 7.72. The van der Waals surface area contributed by atoms with E-state index >= 15 is 0 Å². The van der Waals surface area contributed by atoms with Crippen molar-refractivity contribution in [2.45, 2.75) is 36.9 Å². The molecule has 2 aromatic rings. The Labute approximate surface area is 139 Å². The van der Waals surface area contributed by atoms with Crippen molar-refractivity contribution in [2.24, 2.45) is 5.73 Å². The molecule has 2 aromatic heterocycles. The molecular weight excluding hydrogens is 312 g/mol. The molecule has 3 rings (SSSR count). The Morgan fingerprint density at radius 2 is 2.22 bits per heavy atom. The third kappa shape index (κ3) is 3.06. The monoisotopic (exact) mass is 332 g/mol. The van der Waals surface area contributed by atoms with Gasteiger partial charge in [-0.25, -0.2) is 4.98 Å². The predicted octanol–water partition coefficient (Wildman–Crippen LogP) is 1.93. The Kier molecular flexibility index (Phi) is 4.56. The second-order valence-corrected chi connectivity index (χ2v) is 6.49. The molecule has 3 heterocycles. The first kappa shape index (κ1) is 15.9. The van der Waals surface area contributed by atoms with Crippen LogP contribution in [0.4, 0.5) is 0 Å². The Bertz CT molecular complexity index is 743. The maximum absolute atomic E-state index is 13.0. The molecule has 2 N–H and O–H groups in total. The van der Waals surface area contributed by atoms with Gasteiger partial charge in [0.15, 0.2) is 10.9 Å². The van der Waals surface area contributed by atoms with Crippen LogP contribution in [0.15, 0.2) is 29.6 Å². The molecule has 1 fully saturated rings. The number of rotatable bonds is 4. The summed E-state index contributed by atoms with van der Waals surface area (Å²) in [5.41, 5.74) is 6.59. The number of nitrogens with two attached hydrogens (primary N) is 1. The summed E-state index contributed by atoms with van der Waals surface area (Å²) in [5, 5.41) is 0.785. The van der Waals surface area contributed by atoms with Gasteiger partial charge in [-0.3, -0.25) is 14.0 Å². The maximum Gasteiger partial charge on any atom is 0.275 e. The molecule has 0 spiro atoms. The number of piperidine rings is 1. The summed E-state index contributed by atoms with van der Waals surface area (Å²) in [6.45, 7) is 0.650. The molecule has 1 atom stereocenters. The zero-order chi connectivity index (χ0) is 16.4. The second-order valence-electron chi connectivity index (χ2n) is 5.72. The van der Waals surface area contributed by atoms with Gasteiger partial charge in [0.05, 0.1) is 5.52 Å². The van der Waals surface area contributed by atoms with E-state index in [0.29, 0.717) is 12.2 Å². The topological polar surface area (TPSA) is 80.7 Å². The normalized spacial score (nSPS) is 18.3. The highest BCUT2D eigenvalue weighted by molar-refractivity contribution is 7.98. The molecule has 23 heavy (non-hydrogen) atoms. The van der Waals surface area contributed by atoms with Crippen molar-refractivity contribution in [3.05, 3.63) is 30.1 Å². The highest BCUT2D eigenvalue weighted by Crippen LogP contribution is 2.25. The highest BCUT2D eigenvalue weighted by Gasteiger charge is 2.31. The first-order chi connectivity index (χ1) is 11.1. The summed E-state index contributed by atoms with van der Waals surface area (Å²) in [5.74, 6) is -0.478. The zero-order valence-corrected chi connectivity index (χ0v) is 13.9. The number of imidazole rings is 1. The van der Waals surface area contributed by atoms with E-state index in [-0.39, 0.29) is 24.3 Å². The van der Waals surface area contributed by atoms with Crippen molar-refractivity contribution in [3.63, 3.8) is 0 Å². The van der Waals surface area contributed by atoms with Crippen molar-refractivity contribution in [1.29, 1.82) is 0 Å². The van der Waals surface area contributed by atoms with Gasteiger partial charge < -0.3 is 10.6 Å². The summed E-state index contributed by atoms with van der Waals surface area (Å²) in [4.78, 5) is 30.6. The molecule has 1 saturated heterocycles. The van der Waals surface area contributed by atoms with E-state index in [1.54, 1.807) is 4.90 Å². The number of primary amides is 1. The van der Waals surface area contributed by atoms with Gasteiger partial charge in [0.1, 0.15) is 0 Å². The molecule has 2 amide bonds. The fraction of sp³-hybridized carbons (Fsp3) is 0.438. The Hall–Kier alpha value is -2.02. The van der Waals surface area contributed by atoms with E-state index in [1.165, 1.54) is 11.8 Å². The van der Waals surface area contributed by atoms with Gasteiger partial charge in [-0.2, -0.15) is 0 Å². The number of hydrogen-bond donors (Lipinski definition) is 1. The molecule has 1 aliphatic rings. The number of carbonyl (C=O) groups excluding carboxylic acids is 2. The van der Waals surface area contributed by atoms with E-state index in [1.807, 2.05) is 35.1 Å². The van der Waals surface area contributed by atoms with Crippen LogP contribution in [0.1, 0.15) is 36.2 Å². The molecule has 0 saturated carbocycles. The van der Waals surface area contributed by atoms with Crippen molar-refractivity contribution in [1.82, 2.24) is 14.3 Å². The fourth-order valence-corrected chi connectivity index (χ4v) is 3.70. The van der Waals surface area contributed by atoms with Gasteiger partial charge in [-0.15, -0.1) is 0 Å². The molecule has 0 radical (unpaired) electrons. The number of amides is 2. The van der Waals surface area contributed by atoms with Crippen LogP contribution in [0.5, 0.6) is 0 Å². The molecule has 1 aliphatic heterocycles. The summed E-state index contributed by atoms with van der Waals surface area (Å²) in [6, 6.07) is 5.59. The maximum atomic E-state index is 13.0. The van der Waals surface area contributed by atoms with Crippen molar-refractivity contribution in [2.75, 3.05) is 12.8 Å². The molecule has 122 valence electrons. The third-order valence-corrected chi connectivity index (χ3v) is 4.88. The number of aromatic nitrogens is 2. The lowest BCUT2D eigenvalue weighted by molar-refractivity contribution is -0.119. The van der Waals surface area contributed by atoms with Crippen molar-refractivity contribution < 1.29 is 9.59 Å². The number of pyridine rings is 1. The van der Waals surface area contributed by atoms with Crippen LogP contribution in [0.25, 0.3) is 5.52 Å². The minimum absolute atomic E-state index is 0.111. The van der Waals surface area contributed by atoms with E-state index in [2.05, 4.69) is 4.98 Å². The minimum Gasteiger partial charge on any atom is -0.370 e. The van der Waals surface area contributed by atoms with Gasteiger partial charge in [0.2, 0.25) is 5.91 Å². The number of carbonyl (C=O) groups is 2. The molecule has 0 bridgehead atoms. The van der Waals surface area contributed by atoms with Gasteiger partial charge in [0, 0.05) is 25.2 Å².